The highest BCUT2D eigenvalue weighted by Gasteiger charge is 2.26. The van der Waals surface area contributed by atoms with E-state index in [9.17, 15) is 14.4 Å². The van der Waals surface area contributed by atoms with Crippen LogP contribution in [0.25, 0.3) is 0 Å². The lowest BCUT2D eigenvalue weighted by Crippen LogP contribution is -2.31. The van der Waals surface area contributed by atoms with Crippen LogP contribution in [0.3, 0.4) is 0 Å². The molecule has 2 amide bonds. The molecule has 3 rings (SSSR count). The van der Waals surface area contributed by atoms with Crippen molar-refractivity contribution < 1.29 is 19.5 Å². The van der Waals surface area contributed by atoms with Crippen molar-refractivity contribution >= 4 is 23.5 Å². The third-order valence-electron chi connectivity index (χ3n) is 4.50. The number of fused-ring (bicyclic) bond motifs is 1. The molecule has 0 spiro atoms. The third kappa shape index (κ3) is 4.27. The summed E-state index contributed by atoms with van der Waals surface area (Å²) in [5, 5.41) is 14.6. The van der Waals surface area contributed by atoms with E-state index in [0.717, 1.165) is 16.8 Å². The number of para-hydroxylation sites is 1. The Morgan fingerprint density at radius 3 is 2.77 bits per heavy atom. The number of amides is 2. The summed E-state index contributed by atoms with van der Waals surface area (Å²) < 4.78 is 0. The van der Waals surface area contributed by atoms with Crippen LogP contribution in [-0.4, -0.2) is 22.9 Å². The molecular weight excluding hydrogens is 332 g/mol. The van der Waals surface area contributed by atoms with Gasteiger partial charge in [0, 0.05) is 24.6 Å². The molecule has 1 aliphatic heterocycles. The van der Waals surface area contributed by atoms with Crippen molar-refractivity contribution in [2.45, 2.75) is 25.8 Å². The summed E-state index contributed by atoms with van der Waals surface area (Å²) in [6.45, 7) is 0.264. The lowest BCUT2D eigenvalue weighted by Gasteiger charge is -2.24. The van der Waals surface area contributed by atoms with Gasteiger partial charge in [-0.15, -0.1) is 0 Å². The minimum Gasteiger partial charge on any atom is -0.478 e. The van der Waals surface area contributed by atoms with Gasteiger partial charge >= 0.3 is 5.97 Å². The number of rotatable bonds is 6. The van der Waals surface area contributed by atoms with Gasteiger partial charge in [-0.3, -0.25) is 9.59 Å². The average Bonchev–Trinajstić information content (AvgIpc) is 2.65. The molecule has 0 aliphatic carbocycles. The number of carboxylic acids is 1. The van der Waals surface area contributed by atoms with Gasteiger partial charge in [0.25, 0.3) is 0 Å². The fraction of sp³-hybridized carbons (Fsp3) is 0.250. The van der Waals surface area contributed by atoms with Crippen LogP contribution in [0, 0.1) is 5.92 Å². The number of nitrogens with one attached hydrogen (secondary N) is 2. The first kappa shape index (κ1) is 17.7. The number of carboxylic acid groups (broad SMARTS) is 1. The Hall–Kier alpha value is -3.15. The summed E-state index contributed by atoms with van der Waals surface area (Å²) >= 11 is 0. The number of hydrogen-bond donors (Lipinski definition) is 3. The highest BCUT2D eigenvalue weighted by Crippen LogP contribution is 2.27. The van der Waals surface area contributed by atoms with Crippen LogP contribution in [0.4, 0.5) is 5.69 Å². The smallest absolute Gasteiger partial charge is 0.335 e. The zero-order valence-corrected chi connectivity index (χ0v) is 14.2. The maximum absolute atomic E-state index is 12.2. The quantitative estimate of drug-likeness (QED) is 0.745. The second-order valence-electron chi connectivity index (χ2n) is 6.37. The van der Waals surface area contributed by atoms with Crippen molar-refractivity contribution in [3.8, 4) is 0 Å². The topological polar surface area (TPSA) is 95.5 Å². The number of anilines is 1. The molecule has 1 heterocycles. The van der Waals surface area contributed by atoms with Crippen LogP contribution in [0.2, 0.25) is 0 Å². The highest BCUT2D eigenvalue weighted by molar-refractivity contribution is 5.96. The van der Waals surface area contributed by atoms with Crippen molar-refractivity contribution in [3.05, 3.63) is 65.2 Å². The summed E-state index contributed by atoms with van der Waals surface area (Å²) in [7, 11) is 0. The van der Waals surface area contributed by atoms with Crippen LogP contribution < -0.4 is 10.6 Å². The van der Waals surface area contributed by atoms with Crippen LogP contribution in [0.1, 0.15) is 34.3 Å². The molecule has 3 N–H and O–H groups in total. The summed E-state index contributed by atoms with van der Waals surface area (Å²) in [5.41, 5.74) is 2.84. The molecule has 6 heteroatoms. The summed E-state index contributed by atoms with van der Waals surface area (Å²) in [6, 6.07) is 14.1. The van der Waals surface area contributed by atoms with Crippen LogP contribution in [-0.2, 0) is 22.6 Å². The molecule has 1 aliphatic rings. The number of aromatic carboxylic acids is 1. The summed E-state index contributed by atoms with van der Waals surface area (Å²) in [6.07, 6.45) is 1.36. The predicted molar refractivity (Wildman–Crippen MR) is 96.7 cm³/mol. The maximum atomic E-state index is 12.2. The molecular formula is C20H20N2O4. The van der Waals surface area contributed by atoms with Crippen molar-refractivity contribution in [3.63, 3.8) is 0 Å². The minimum atomic E-state index is -0.998. The van der Waals surface area contributed by atoms with Gasteiger partial charge in [0.2, 0.25) is 11.8 Å². The molecule has 0 radical (unpaired) electrons. The lowest BCUT2D eigenvalue weighted by molar-refractivity contribution is -0.123. The fourth-order valence-corrected chi connectivity index (χ4v) is 3.06. The van der Waals surface area contributed by atoms with E-state index in [1.807, 2.05) is 24.3 Å². The minimum absolute atomic E-state index is 0.0503. The normalized spacial score (nSPS) is 15.7. The first-order chi connectivity index (χ1) is 12.5. The largest absolute Gasteiger partial charge is 0.478 e. The predicted octanol–water partition coefficient (Wildman–Crippen LogP) is 2.59. The van der Waals surface area contributed by atoms with Gasteiger partial charge in [-0.1, -0.05) is 30.3 Å². The summed E-state index contributed by atoms with van der Waals surface area (Å²) in [5.74, 6) is -1.42. The second-order valence-corrected chi connectivity index (χ2v) is 6.37. The Kier molecular flexibility index (Phi) is 5.31. The molecule has 0 saturated heterocycles. The van der Waals surface area contributed by atoms with Crippen LogP contribution in [0.15, 0.2) is 48.5 Å². The zero-order valence-electron chi connectivity index (χ0n) is 14.2. The monoisotopic (exact) mass is 352 g/mol. The van der Waals surface area contributed by atoms with E-state index in [-0.39, 0.29) is 36.3 Å². The zero-order chi connectivity index (χ0) is 18.5. The molecule has 0 fully saturated rings. The summed E-state index contributed by atoms with van der Waals surface area (Å²) in [4.78, 5) is 35.2. The number of carbonyl (C=O) groups excluding carboxylic acids is 2. The molecule has 2 aromatic rings. The Labute approximate surface area is 151 Å². The third-order valence-corrected chi connectivity index (χ3v) is 4.50. The molecule has 6 nitrogen and oxygen atoms in total. The van der Waals surface area contributed by atoms with Crippen LogP contribution >= 0.6 is 0 Å². The number of carbonyl (C=O) groups is 3. The van der Waals surface area contributed by atoms with Crippen molar-refractivity contribution in [1.29, 1.82) is 0 Å². The van der Waals surface area contributed by atoms with Gasteiger partial charge in [-0.25, -0.2) is 4.79 Å². The van der Waals surface area contributed by atoms with Crippen LogP contribution in [0.5, 0.6) is 0 Å². The van der Waals surface area contributed by atoms with E-state index in [1.165, 1.54) is 12.1 Å². The number of benzene rings is 2. The molecule has 0 saturated carbocycles. The van der Waals surface area contributed by atoms with E-state index in [4.69, 9.17) is 5.11 Å². The van der Waals surface area contributed by atoms with E-state index in [0.29, 0.717) is 12.8 Å². The Morgan fingerprint density at radius 2 is 1.96 bits per heavy atom. The van der Waals surface area contributed by atoms with Gasteiger partial charge < -0.3 is 15.7 Å². The SMILES string of the molecule is O=C(CC[C@H]1Cc2ccccc2NC1=O)NCc1cccc(C(=O)O)c1. The van der Waals surface area contributed by atoms with Crippen molar-refractivity contribution in [2.75, 3.05) is 5.32 Å². The van der Waals surface area contributed by atoms with Crippen molar-refractivity contribution in [2.24, 2.45) is 5.92 Å². The van der Waals surface area contributed by atoms with Gasteiger partial charge in [-0.2, -0.15) is 0 Å². The molecule has 26 heavy (non-hydrogen) atoms. The first-order valence-electron chi connectivity index (χ1n) is 8.50. The standard InChI is InChI=1S/C20H20N2O4/c23-18(21-12-13-4-3-6-16(10-13)20(25)26)9-8-15-11-14-5-1-2-7-17(14)22-19(15)24/h1-7,10,15H,8-9,11-12H2,(H,21,23)(H,22,24)(H,25,26)/t15-/m0/s1. The van der Waals surface area contributed by atoms with Crippen molar-refractivity contribution in [1.82, 2.24) is 5.32 Å². The molecule has 0 bridgehead atoms. The first-order valence-corrected chi connectivity index (χ1v) is 8.50. The van der Waals surface area contributed by atoms with E-state index in [2.05, 4.69) is 10.6 Å². The highest BCUT2D eigenvalue weighted by atomic mass is 16.4. The van der Waals surface area contributed by atoms with E-state index < -0.39 is 5.97 Å². The van der Waals surface area contributed by atoms with Gasteiger partial charge in [0.05, 0.1) is 5.56 Å². The lowest BCUT2D eigenvalue weighted by atomic mass is 9.89. The Balaban J connectivity index is 1.49. The Bertz CT molecular complexity index is 847. The average molecular weight is 352 g/mol. The molecule has 0 unspecified atom stereocenters. The van der Waals surface area contributed by atoms with E-state index >= 15 is 0 Å². The Morgan fingerprint density at radius 1 is 1.15 bits per heavy atom. The molecule has 134 valence electrons. The molecule has 0 aromatic heterocycles. The molecule has 2 aromatic carbocycles. The van der Waals surface area contributed by atoms with Gasteiger partial charge in [0.1, 0.15) is 0 Å². The number of hydrogen-bond acceptors (Lipinski definition) is 3. The second kappa shape index (κ2) is 7.82. The fourth-order valence-electron chi connectivity index (χ4n) is 3.06. The molecule has 1 atom stereocenters. The van der Waals surface area contributed by atoms with Gasteiger partial charge in [0.15, 0.2) is 0 Å². The maximum Gasteiger partial charge on any atom is 0.335 e. The van der Waals surface area contributed by atoms with E-state index in [1.54, 1.807) is 12.1 Å². The van der Waals surface area contributed by atoms with Gasteiger partial charge in [-0.05, 0) is 42.2 Å².